The summed E-state index contributed by atoms with van der Waals surface area (Å²) in [7, 11) is 5.82. The van der Waals surface area contributed by atoms with E-state index in [0.717, 1.165) is 18.3 Å². The van der Waals surface area contributed by atoms with Crippen LogP contribution in [0.15, 0.2) is 18.2 Å². The number of hydrogen-bond donors (Lipinski definition) is 0. The summed E-state index contributed by atoms with van der Waals surface area (Å²) in [4.78, 5) is 0. The normalized spacial score (nSPS) is 14.4. The van der Waals surface area contributed by atoms with E-state index >= 15 is 0 Å². The molecule has 0 unspecified atom stereocenters. The number of fused-ring (bicyclic) bond motifs is 1. The van der Waals surface area contributed by atoms with Gasteiger partial charge in [-0.2, -0.15) is 0 Å². The van der Waals surface area contributed by atoms with Gasteiger partial charge in [-0.1, -0.05) is 35.3 Å². The van der Waals surface area contributed by atoms with Gasteiger partial charge in [-0.05, 0) is 30.9 Å². The van der Waals surface area contributed by atoms with Crippen LogP contribution < -0.4 is 5.46 Å². The highest BCUT2D eigenvalue weighted by molar-refractivity contribution is 6.33. The summed E-state index contributed by atoms with van der Waals surface area (Å²) in [6, 6.07) is 4.09. The van der Waals surface area contributed by atoms with Crippen LogP contribution in [0.25, 0.3) is 6.08 Å². The smallest absolute Gasteiger partial charge is 0.0935 e. The molecule has 2 radical (unpaired) electrons. The lowest BCUT2D eigenvalue weighted by Crippen LogP contribution is -2.12. The Labute approximate surface area is 74.7 Å². The van der Waals surface area contributed by atoms with Crippen LogP contribution in [0, 0.1) is 6.92 Å². The zero-order valence-electron chi connectivity index (χ0n) is 7.30. The van der Waals surface area contributed by atoms with Gasteiger partial charge in [0.15, 0.2) is 0 Å². The van der Waals surface area contributed by atoms with Gasteiger partial charge in [-0.3, -0.25) is 0 Å². The lowest BCUT2D eigenvalue weighted by molar-refractivity contribution is 0.974. The van der Waals surface area contributed by atoms with Crippen LogP contribution in [0.5, 0.6) is 0 Å². The molecule has 0 aliphatic heterocycles. The van der Waals surface area contributed by atoms with Crippen LogP contribution in [-0.2, 0) is 6.42 Å². The molecule has 1 aromatic rings. The highest BCUT2D eigenvalue weighted by Crippen LogP contribution is 2.20. The Bertz CT molecular complexity index is 337. The summed E-state index contributed by atoms with van der Waals surface area (Å²) >= 11 is 0. The van der Waals surface area contributed by atoms with Crippen LogP contribution in [0.3, 0.4) is 0 Å². The van der Waals surface area contributed by atoms with E-state index in [4.69, 9.17) is 7.85 Å². The van der Waals surface area contributed by atoms with Crippen molar-refractivity contribution >= 4 is 19.4 Å². The van der Waals surface area contributed by atoms with Gasteiger partial charge in [0.2, 0.25) is 0 Å². The van der Waals surface area contributed by atoms with Crippen LogP contribution >= 0.6 is 0 Å². The lowest BCUT2D eigenvalue weighted by Gasteiger charge is -2.15. The number of rotatable bonds is 0. The molecule has 0 saturated heterocycles. The fourth-order valence-electron chi connectivity index (χ4n) is 1.72. The third-order valence-corrected chi connectivity index (χ3v) is 2.54. The molecule has 0 saturated carbocycles. The summed E-state index contributed by atoms with van der Waals surface area (Å²) in [6.07, 6.45) is 6.70. The summed E-state index contributed by atoms with van der Waals surface area (Å²) in [5.74, 6) is 0. The van der Waals surface area contributed by atoms with Gasteiger partial charge in [-0.15, -0.1) is 0 Å². The minimum absolute atomic E-state index is 0.920. The fourth-order valence-corrected chi connectivity index (χ4v) is 1.72. The molecule has 0 bridgehead atoms. The summed E-state index contributed by atoms with van der Waals surface area (Å²) in [5, 5.41) is 0. The van der Waals surface area contributed by atoms with E-state index in [0.29, 0.717) is 0 Å². The second-order valence-corrected chi connectivity index (χ2v) is 3.29. The molecule has 0 spiro atoms. The average Bonchev–Trinajstić information content (AvgIpc) is 2.12. The van der Waals surface area contributed by atoms with E-state index in [1.807, 2.05) is 6.07 Å². The molecule has 0 fully saturated rings. The molecule has 2 rings (SSSR count). The molecule has 0 amide bonds. The first-order valence-electron chi connectivity index (χ1n) is 4.33. The van der Waals surface area contributed by atoms with Crippen molar-refractivity contribution in [3.05, 3.63) is 34.9 Å². The van der Waals surface area contributed by atoms with Crippen LogP contribution in [0.4, 0.5) is 0 Å². The van der Waals surface area contributed by atoms with E-state index in [1.165, 1.54) is 16.7 Å². The van der Waals surface area contributed by atoms with Crippen molar-refractivity contribution in [2.75, 3.05) is 0 Å². The summed E-state index contributed by atoms with van der Waals surface area (Å²) < 4.78 is 0. The fraction of sp³-hybridized carbons (Fsp3) is 0.273. The molecular weight excluding hydrogens is 143 g/mol. The van der Waals surface area contributed by atoms with Crippen LogP contribution in [0.1, 0.15) is 23.1 Å². The van der Waals surface area contributed by atoms with E-state index in [2.05, 4.69) is 25.1 Å². The average molecular weight is 154 g/mol. The van der Waals surface area contributed by atoms with E-state index in [1.54, 1.807) is 0 Å². The van der Waals surface area contributed by atoms with Gasteiger partial charge in [0.05, 0.1) is 0 Å². The van der Waals surface area contributed by atoms with Gasteiger partial charge in [0, 0.05) is 0 Å². The van der Waals surface area contributed by atoms with Crippen LogP contribution in [0.2, 0.25) is 0 Å². The molecule has 12 heavy (non-hydrogen) atoms. The first-order valence-corrected chi connectivity index (χ1v) is 4.33. The van der Waals surface area contributed by atoms with Gasteiger partial charge in [-0.25, -0.2) is 0 Å². The van der Waals surface area contributed by atoms with Gasteiger partial charge in [0.25, 0.3) is 0 Å². The van der Waals surface area contributed by atoms with E-state index in [9.17, 15) is 0 Å². The van der Waals surface area contributed by atoms with Crippen molar-refractivity contribution < 1.29 is 0 Å². The second kappa shape index (κ2) is 2.82. The van der Waals surface area contributed by atoms with E-state index < -0.39 is 0 Å². The SMILES string of the molecule is [B]c1ccc2c(c1C)CCC=C2. The number of benzene rings is 1. The number of hydrogen-bond acceptors (Lipinski definition) is 0. The first-order chi connectivity index (χ1) is 5.79. The Kier molecular flexibility index (Phi) is 1.80. The maximum Gasteiger partial charge on any atom is 0.114 e. The topological polar surface area (TPSA) is 0 Å². The van der Waals surface area contributed by atoms with Crippen molar-refractivity contribution in [3.8, 4) is 0 Å². The Morgan fingerprint density at radius 3 is 3.00 bits per heavy atom. The van der Waals surface area contributed by atoms with Crippen molar-refractivity contribution in [2.24, 2.45) is 0 Å². The molecule has 1 aromatic carbocycles. The Morgan fingerprint density at radius 1 is 1.33 bits per heavy atom. The van der Waals surface area contributed by atoms with Crippen molar-refractivity contribution in [2.45, 2.75) is 19.8 Å². The molecule has 0 atom stereocenters. The highest BCUT2D eigenvalue weighted by Gasteiger charge is 2.07. The van der Waals surface area contributed by atoms with Crippen molar-refractivity contribution in [1.82, 2.24) is 0 Å². The standard InChI is InChI=1S/C11H11B/c1-8-10-5-3-2-4-9(10)6-7-11(8)12/h2,4,6-7H,3,5H2,1H3. The molecule has 0 aromatic heterocycles. The predicted octanol–water partition coefficient (Wildman–Crippen LogP) is 1.75. The molecule has 0 N–H and O–H groups in total. The monoisotopic (exact) mass is 154 g/mol. The molecule has 58 valence electrons. The minimum Gasteiger partial charge on any atom is -0.0935 e. The highest BCUT2D eigenvalue weighted by atomic mass is 14.1. The largest absolute Gasteiger partial charge is 0.114 e. The number of allylic oxidation sites excluding steroid dienone is 1. The van der Waals surface area contributed by atoms with Crippen molar-refractivity contribution in [1.29, 1.82) is 0 Å². The zero-order valence-corrected chi connectivity index (χ0v) is 7.30. The maximum absolute atomic E-state index is 5.82. The predicted molar refractivity (Wildman–Crippen MR) is 53.9 cm³/mol. The lowest BCUT2D eigenvalue weighted by atomic mass is 9.83. The maximum atomic E-state index is 5.82. The first kappa shape index (κ1) is 7.66. The summed E-state index contributed by atoms with van der Waals surface area (Å²) in [5.41, 5.74) is 4.95. The van der Waals surface area contributed by atoms with Crippen molar-refractivity contribution in [3.63, 3.8) is 0 Å². The van der Waals surface area contributed by atoms with E-state index in [-0.39, 0.29) is 0 Å². The summed E-state index contributed by atoms with van der Waals surface area (Å²) in [6.45, 7) is 2.10. The third-order valence-electron chi connectivity index (χ3n) is 2.54. The minimum atomic E-state index is 0.920. The second-order valence-electron chi connectivity index (χ2n) is 3.29. The molecule has 1 aliphatic carbocycles. The molecule has 1 aliphatic rings. The van der Waals surface area contributed by atoms with Gasteiger partial charge < -0.3 is 0 Å². The quantitative estimate of drug-likeness (QED) is 0.499. The molecule has 0 nitrogen and oxygen atoms in total. The Balaban J connectivity index is 2.63. The Morgan fingerprint density at radius 2 is 2.17 bits per heavy atom. The Hall–Kier alpha value is -0.975. The third kappa shape index (κ3) is 1.10. The molecular formula is C11H11B. The molecule has 1 heteroatoms. The van der Waals surface area contributed by atoms with Crippen LogP contribution in [-0.4, -0.2) is 7.85 Å². The zero-order chi connectivity index (χ0) is 8.55. The van der Waals surface area contributed by atoms with Gasteiger partial charge >= 0.3 is 0 Å². The van der Waals surface area contributed by atoms with Gasteiger partial charge in [0.1, 0.15) is 7.85 Å². The molecule has 0 heterocycles.